The molecular formula is C18H19FN2O3. The molecule has 6 heteroatoms. The van der Waals surface area contributed by atoms with E-state index in [4.69, 9.17) is 4.42 Å². The maximum absolute atomic E-state index is 13.2. The Kier molecular flexibility index (Phi) is 4.93. The first-order valence-corrected chi connectivity index (χ1v) is 7.98. The maximum Gasteiger partial charge on any atom is 0.253 e. The molecule has 1 aliphatic rings. The number of carbonyl (C=O) groups excluding carboxylic acids is 2. The van der Waals surface area contributed by atoms with E-state index in [2.05, 4.69) is 5.32 Å². The highest BCUT2D eigenvalue weighted by molar-refractivity contribution is 5.94. The predicted octanol–water partition coefficient (Wildman–Crippen LogP) is 2.59. The molecule has 2 aromatic rings. The van der Waals surface area contributed by atoms with Crippen molar-refractivity contribution in [3.63, 3.8) is 0 Å². The lowest BCUT2D eigenvalue weighted by atomic mass is 9.95. The van der Waals surface area contributed by atoms with Crippen LogP contribution in [0.15, 0.2) is 47.1 Å². The largest absolute Gasteiger partial charge is 0.467 e. The number of piperidine rings is 1. The van der Waals surface area contributed by atoms with Crippen molar-refractivity contribution >= 4 is 11.8 Å². The van der Waals surface area contributed by atoms with Crippen molar-refractivity contribution < 1.29 is 18.4 Å². The van der Waals surface area contributed by atoms with Crippen molar-refractivity contribution in [3.05, 3.63) is 59.8 Å². The Hall–Kier alpha value is -2.63. The van der Waals surface area contributed by atoms with Crippen LogP contribution in [-0.4, -0.2) is 29.8 Å². The predicted molar refractivity (Wildman–Crippen MR) is 85.6 cm³/mol. The molecule has 0 aliphatic carbocycles. The lowest BCUT2D eigenvalue weighted by molar-refractivity contribution is -0.126. The van der Waals surface area contributed by atoms with Crippen LogP contribution in [0.1, 0.15) is 29.0 Å². The number of nitrogens with zero attached hydrogens (tertiary/aromatic N) is 1. The van der Waals surface area contributed by atoms with Crippen molar-refractivity contribution in [3.8, 4) is 0 Å². The summed E-state index contributed by atoms with van der Waals surface area (Å²) in [6, 6.07) is 9.26. The number of likely N-dealkylation sites (tertiary alicyclic amines) is 1. The average molecular weight is 330 g/mol. The molecule has 1 aromatic heterocycles. The minimum atomic E-state index is -0.423. The standard InChI is InChI=1S/C18H19FN2O3/c19-15-4-1-3-14(11-15)18(23)21-8-6-13(7-9-21)17(22)20-12-16-5-2-10-24-16/h1-5,10-11,13H,6-9,12H2,(H,20,22). The van der Waals surface area contributed by atoms with E-state index in [0.29, 0.717) is 43.8 Å². The molecule has 0 atom stereocenters. The monoisotopic (exact) mass is 330 g/mol. The number of halogens is 1. The van der Waals surface area contributed by atoms with E-state index >= 15 is 0 Å². The zero-order valence-corrected chi connectivity index (χ0v) is 13.2. The summed E-state index contributed by atoms with van der Waals surface area (Å²) in [6.45, 7) is 1.36. The van der Waals surface area contributed by atoms with Crippen molar-refractivity contribution in [2.75, 3.05) is 13.1 Å². The Labute approximate surface area is 139 Å². The molecule has 1 fully saturated rings. The van der Waals surface area contributed by atoms with Gasteiger partial charge in [0.15, 0.2) is 0 Å². The van der Waals surface area contributed by atoms with E-state index in [-0.39, 0.29) is 17.7 Å². The fraction of sp³-hybridized carbons (Fsp3) is 0.333. The second kappa shape index (κ2) is 7.29. The minimum absolute atomic E-state index is 0.0238. The van der Waals surface area contributed by atoms with Crippen LogP contribution < -0.4 is 5.32 Å². The van der Waals surface area contributed by atoms with Gasteiger partial charge in [0, 0.05) is 24.6 Å². The van der Waals surface area contributed by atoms with Crippen LogP contribution in [0.3, 0.4) is 0 Å². The summed E-state index contributed by atoms with van der Waals surface area (Å²) in [5.41, 5.74) is 0.343. The van der Waals surface area contributed by atoms with Crippen molar-refractivity contribution in [1.82, 2.24) is 10.2 Å². The fourth-order valence-corrected chi connectivity index (χ4v) is 2.88. The normalized spacial score (nSPS) is 15.3. The molecule has 0 bridgehead atoms. The zero-order valence-electron chi connectivity index (χ0n) is 13.2. The van der Waals surface area contributed by atoms with Crippen molar-refractivity contribution in [2.24, 2.45) is 5.92 Å². The van der Waals surface area contributed by atoms with Crippen LogP contribution >= 0.6 is 0 Å². The first-order chi connectivity index (χ1) is 11.6. The average Bonchev–Trinajstić information content (AvgIpc) is 3.13. The van der Waals surface area contributed by atoms with Gasteiger partial charge in [-0.15, -0.1) is 0 Å². The van der Waals surface area contributed by atoms with Crippen LogP contribution in [0.4, 0.5) is 4.39 Å². The Balaban J connectivity index is 1.50. The number of benzene rings is 1. The second-order valence-corrected chi connectivity index (χ2v) is 5.87. The maximum atomic E-state index is 13.2. The quantitative estimate of drug-likeness (QED) is 0.937. The van der Waals surface area contributed by atoms with Gasteiger partial charge in [-0.3, -0.25) is 9.59 Å². The highest BCUT2D eigenvalue weighted by atomic mass is 19.1. The third-order valence-corrected chi connectivity index (χ3v) is 4.24. The summed E-state index contributed by atoms with van der Waals surface area (Å²) in [5, 5.41) is 2.85. The Bertz CT molecular complexity index is 707. The minimum Gasteiger partial charge on any atom is -0.467 e. The van der Waals surface area contributed by atoms with Gasteiger partial charge in [-0.05, 0) is 43.2 Å². The van der Waals surface area contributed by atoms with Gasteiger partial charge in [0.2, 0.25) is 5.91 Å². The molecule has 3 rings (SSSR count). The summed E-state index contributed by atoms with van der Waals surface area (Å²) < 4.78 is 18.4. The number of rotatable bonds is 4. The molecule has 0 saturated carbocycles. The van der Waals surface area contributed by atoms with Gasteiger partial charge < -0.3 is 14.6 Å². The van der Waals surface area contributed by atoms with Crippen LogP contribution in [-0.2, 0) is 11.3 Å². The highest BCUT2D eigenvalue weighted by Gasteiger charge is 2.27. The van der Waals surface area contributed by atoms with E-state index in [1.165, 1.54) is 18.2 Å². The van der Waals surface area contributed by atoms with Gasteiger partial charge in [0.25, 0.3) is 5.91 Å². The van der Waals surface area contributed by atoms with E-state index in [1.54, 1.807) is 29.4 Å². The molecule has 1 aromatic carbocycles. The lowest BCUT2D eigenvalue weighted by Gasteiger charge is -2.31. The van der Waals surface area contributed by atoms with Crippen molar-refractivity contribution in [1.29, 1.82) is 0 Å². The fourth-order valence-electron chi connectivity index (χ4n) is 2.88. The van der Waals surface area contributed by atoms with Crippen LogP contribution in [0, 0.1) is 11.7 Å². The number of carbonyl (C=O) groups is 2. The summed E-state index contributed by atoms with van der Waals surface area (Å²) >= 11 is 0. The molecule has 0 radical (unpaired) electrons. The molecule has 126 valence electrons. The van der Waals surface area contributed by atoms with Gasteiger partial charge >= 0.3 is 0 Å². The lowest BCUT2D eigenvalue weighted by Crippen LogP contribution is -2.42. The number of amides is 2. The zero-order chi connectivity index (χ0) is 16.9. The van der Waals surface area contributed by atoms with Gasteiger partial charge in [-0.1, -0.05) is 6.07 Å². The molecule has 2 amide bonds. The van der Waals surface area contributed by atoms with Gasteiger partial charge in [0.05, 0.1) is 12.8 Å². The summed E-state index contributed by atoms with van der Waals surface area (Å²) in [4.78, 5) is 26.2. The molecule has 2 heterocycles. The van der Waals surface area contributed by atoms with Gasteiger partial charge in [-0.2, -0.15) is 0 Å². The van der Waals surface area contributed by atoms with Gasteiger partial charge in [-0.25, -0.2) is 4.39 Å². The van der Waals surface area contributed by atoms with E-state index in [9.17, 15) is 14.0 Å². The second-order valence-electron chi connectivity index (χ2n) is 5.87. The molecular weight excluding hydrogens is 311 g/mol. The summed E-state index contributed by atoms with van der Waals surface area (Å²) in [5.74, 6) is -0.0418. The molecule has 1 N–H and O–H groups in total. The van der Waals surface area contributed by atoms with Crippen LogP contribution in [0.2, 0.25) is 0 Å². The van der Waals surface area contributed by atoms with E-state index in [1.807, 2.05) is 0 Å². The Morgan fingerprint density at radius 3 is 2.67 bits per heavy atom. The third-order valence-electron chi connectivity index (χ3n) is 4.24. The topological polar surface area (TPSA) is 62.6 Å². The van der Waals surface area contributed by atoms with E-state index < -0.39 is 5.82 Å². The molecule has 0 unspecified atom stereocenters. The number of hydrogen-bond donors (Lipinski definition) is 1. The summed E-state index contributed by atoms with van der Waals surface area (Å²) in [6.07, 6.45) is 2.77. The number of furan rings is 1. The number of hydrogen-bond acceptors (Lipinski definition) is 3. The van der Waals surface area contributed by atoms with E-state index in [0.717, 1.165) is 0 Å². The summed E-state index contributed by atoms with van der Waals surface area (Å²) in [7, 11) is 0. The SMILES string of the molecule is O=C(NCc1ccco1)C1CCN(C(=O)c2cccc(F)c2)CC1. The van der Waals surface area contributed by atoms with Gasteiger partial charge in [0.1, 0.15) is 11.6 Å². The van der Waals surface area contributed by atoms with Crippen molar-refractivity contribution in [2.45, 2.75) is 19.4 Å². The smallest absolute Gasteiger partial charge is 0.253 e. The van der Waals surface area contributed by atoms with Crippen LogP contribution in [0.5, 0.6) is 0 Å². The number of nitrogens with one attached hydrogen (secondary N) is 1. The first-order valence-electron chi connectivity index (χ1n) is 7.98. The van der Waals surface area contributed by atoms with Crippen LogP contribution in [0.25, 0.3) is 0 Å². The molecule has 1 saturated heterocycles. The molecule has 24 heavy (non-hydrogen) atoms. The third kappa shape index (κ3) is 3.82. The Morgan fingerprint density at radius 2 is 2.00 bits per heavy atom. The first kappa shape index (κ1) is 16.2. The highest BCUT2D eigenvalue weighted by Crippen LogP contribution is 2.20. The molecule has 0 spiro atoms. The molecule has 1 aliphatic heterocycles. The Morgan fingerprint density at radius 1 is 1.21 bits per heavy atom. The molecule has 5 nitrogen and oxygen atoms in total.